The summed E-state index contributed by atoms with van der Waals surface area (Å²) in [5.74, 6) is 1.13. The van der Waals surface area contributed by atoms with Crippen LogP contribution in [0.1, 0.15) is 22.2 Å². The van der Waals surface area contributed by atoms with E-state index in [0.717, 1.165) is 5.69 Å². The first-order valence-corrected chi connectivity index (χ1v) is 13.0. The van der Waals surface area contributed by atoms with E-state index in [1.165, 1.54) is 31.0 Å². The van der Waals surface area contributed by atoms with E-state index in [1.54, 1.807) is 47.9 Å². The smallest absolute Gasteiger partial charge is 0.269 e. The van der Waals surface area contributed by atoms with Crippen molar-refractivity contribution in [1.29, 1.82) is 0 Å². The van der Waals surface area contributed by atoms with Gasteiger partial charge in [0.15, 0.2) is 16.7 Å². The first-order chi connectivity index (χ1) is 18.7. The van der Waals surface area contributed by atoms with Crippen LogP contribution in [0.4, 0.5) is 5.69 Å². The Labute approximate surface area is 237 Å². The maximum absolute atomic E-state index is 11.6. The molecule has 0 aliphatic carbocycles. The molecule has 0 spiro atoms. The van der Waals surface area contributed by atoms with Crippen molar-refractivity contribution in [2.75, 3.05) is 13.7 Å². The molecule has 1 heterocycles. The Balaban J connectivity index is 1.62. The molecule has 1 aromatic heterocycles. The van der Waals surface area contributed by atoms with Gasteiger partial charge in [-0.25, -0.2) is 0 Å². The highest BCUT2D eigenvalue weighted by Crippen LogP contribution is 2.43. The summed E-state index contributed by atoms with van der Waals surface area (Å²) in [5.41, 5.74) is 1.94. The van der Waals surface area contributed by atoms with Crippen LogP contribution in [-0.4, -0.2) is 38.3 Å². The van der Waals surface area contributed by atoms with Crippen LogP contribution in [0.5, 0.6) is 11.5 Å². The average molecular weight is 590 g/mol. The molecule has 0 N–H and O–H groups in total. The monoisotopic (exact) mass is 589 g/mol. The first kappa shape index (κ1) is 28.1. The SMILES string of the molecule is COc1cc([C@@H](C[N+](=O)[O-])Sc2nnc(C)n2-c2ccc(Cl)cc2)cc(Cl)c1OCc1ccc([N+](=O)[O-])cc1. The minimum Gasteiger partial charge on any atom is -0.493 e. The van der Waals surface area contributed by atoms with Gasteiger partial charge >= 0.3 is 0 Å². The molecule has 0 saturated heterocycles. The lowest BCUT2D eigenvalue weighted by Crippen LogP contribution is -2.12. The van der Waals surface area contributed by atoms with Gasteiger partial charge in [0.05, 0.1) is 17.1 Å². The predicted octanol–water partition coefficient (Wildman–Crippen LogP) is 6.49. The summed E-state index contributed by atoms with van der Waals surface area (Å²) in [5, 5.41) is 31.4. The molecular weight excluding hydrogens is 569 g/mol. The van der Waals surface area contributed by atoms with Gasteiger partial charge in [0.25, 0.3) is 5.69 Å². The van der Waals surface area contributed by atoms with Crippen LogP contribution >= 0.6 is 35.0 Å². The van der Waals surface area contributed by atoms with E-state index in [4.69, 9.17) is 32.7 Å². The minimum atomic E-state index is -0.690. The summed E-state index contributed by atoms with van der Waals surface area (Å²) < 4.78 is 13.1. The molecule has 1 atom stereocenters. The molecule has 0 fully saturated rings. The number of nitrogens with zero attached hydrogens (tertiary/aromatic N) is 5. The van der Waals surface area contributed by atoms with E-state index < -0.39 is 21.6 Å². The predicted molar refractivity (Wildman–Crippen MR) is 147 cm³/mol. The fraction of sp³-hybridized carbons (Fsp3) is 0.200. The molecule has 0 unspecified atom stereocenters. The van der Waals surface area contributed by atoms with Crippen molar-refractivity contribution in [2.45, 2.75) is 23.9 Å². The number of halogens is 2. The van der Waals surface area contributed by atoms with E-state index in [2.05, 4.69) is 10.2 Å². The van der Waals surface area contributed by atoms with Gasteiger partial charge in [-0.2, -0.15) is 0 Å². The summed E-state index contributed by atoms with van der Waals surface area (Å²) in [6.45, 7) is 1.44. The van der Waals surface area contributed by atoms with Crippen molar-refractivity contribution < 1.29 is 19.3 Å². The summed E-state index contributed by atoms with van der Waals surface area (Å²) in [4.78, 5) is 21.6. The molecule has 0 radical (unpaired) electrons. The molecule has 0 bridgehead atoms. The van der Waals surface area contributed by atoms with E-state index in [9.17, 15) is 20.2 Å². The number of methoxy groups -OCH3 is 1. The van der Waals surface area contributed by atoms with Crippen LogP contribution in [0.2, 0.25) is 10.0 Å². The van der Waals surface area contributed by atoms with Gasteiger partial charge in [0, 0.05) is 27.8 Å². The minimum absolute atomic E-state index is 0.0323. The van der Waals surface area contributed by atoms with Crippen molar-refractivity contribution in [3.05, 3.63) is 108 Å². The highest BCUT2D eigenvalue weighted by Gasteiger charge is 2.26. The lowest BCUT2D eigenvalue weighted by molar-refractivity contribution is -0.479. The maximum Gasteiger partial charge on any atom is 0.269 e. The number of ether oxygens (including phenoxy) is 2. The number of non-ortho nitro benzene ring substituents is 1. The Kier molecular flexibility index (Phi) is 8.90. The largest absolute Gasteiger partial charge is 0.493 e. The zero-order valence-electron chi connectivity index (χ0n) is 20.6. The molecule has 3 aromatic carbocycles. The number of benzene rings is 3. The molecular formula is C25H21Cl2N5O6S. The van der Waals surface area contributed by atoms with E-state index >= 15 is 0 Å². The molecule has 202 valence electrons. The molecule has 4 rings (SSSR count). The van der Waals surface area contributed by atoms with E-state index in [-0.39, 0.29) is 28.8 Å². The molecule has 0 aliphatic rings. The van der Waals surface area contributed by atoms with Gasteiger partial charge in [-0.05, 0) is 66.6 Å². The fourth-order valence-corrected chi connectivity index (χ4v) is 5.27. The van der Waals surface area contributed by atoms with Crippen LogP contribution in [0.15, 0.2) is 65.8 Å². The Bertz CT molecular complexity index is 1500. The van der Waals surface area contributed by atoms with Crippen molar-refractivity contribution in [2.24, 2.45) is 0 Å². The first-order valence-electron chi connectivity index (χ1n) is 11.4. The number of hydrogen-bond donors (Lipinski definition) is 0. The normalized spacial score (nSPS) is 11.7. The maximum atomic E-state index is 11.6. The number of nitro groups is 2. The summed E-state index contributed by atoms with van der Waals surface area (Å²) in [6, 6.07) is 16.2. The molecule has 0 amide bonds. The molecule has 0 aliphatic heterocycles. The van der Waals surface area contributed by atoms with Crippen molar-refractivity contribution in [1.82, 2.24) is 14.8 Å². The highest BCUT2D eigenvalue weighted by atomic mass is 35.5. The average Bonchev–Trinajstić information content (AvgIpc) is 3.27. The number of thioether (sulfide) groups is 1. The third kappa shape index (κ3) is 6.77. The topological polar surface area (TPSA) is 135 Å². The Morgan fingerprint density at radius 2 is 1.72 bits per heavy atom. The second kappa shape index (κ2) is 12.3. The van der Waals surface area contributed by atoms with E-state index in [0.29, 0.717) is 27.1 Å². The zero-order valence-corrected chi connectivity index (χ0v) is 22.9. The van der Waals surface area contributed by atoms with Gasteiger partial charge in [0.2, 0.25) is 6.54 Å². The molecule has 0 saturated carbocycles. The fourth-order valence-electron chi connectivity index (χ4n) is 3.72. The number of aromatic nitrogens is 3. The lowest BCUT2D eigenvalue weighted by Gasteiger charge is -2.18. The van der Waals surface area contributed by atoms with Crippen LogP contribution in [0, 0.1) is 27.2 Å². The Morgan fingerprint density at radius 3 is 2.33 bits per heavy atom. The van der Waals surface area contributed by atoms with Crippen LogP contribution in [0.25, 0.3) is 5.69 Å². The highest BCUT2D eigenvalue weighted by molar-refractivity contribution is 7.99. The summed E-state index contributed by atoms with van der Waals surface area (Å²) in [7, 11) is 1.43. The third-order valence-electron chi connectivity index (χ3n) is 5.60. The number of nitro benzene ring substituents is 1. The van der Waals surface area contributed by atoms with Gasteiger partial charge in [-0.3, -0.25) is 24.8 Å². The standard InChI is InChI=1S/C25H21Cl2N5O6S/c1-15-28-29-25(31(15)19-9-5-18(26)6-10-19)39-23(13-30(33)34)17-11-21(27)24(22(12-17)37-2)38-14-16-3-7-20(8-4-16)32(35)36/h3-12,23H,13-14H2,1-2H3/t23-/m1/s1. The quantitative estimate of drug-likeness (QED) is 0.109. The van der Waals surface area contributed by atoms with E-state index in [1.807, 2.05) is 12.1 Å². The van der Waals surface area contributed by atoms with Gasteiger partial charge < -0.3 is 9.47 Å². The molecule has 14 heteroatoms. The summed E-state index contributed by atoms with van der Waals surface area (Å²) in [6.07, 6.45) is 0. The van der Waals surface area contributed by atoms with Gasteiger partial charge in [0.1, 0.15) is 17.7 Å². The second-order valence-corrected chi connectivity index (χ2v) is 10.2. The summed E-state index contributed by atoms with van der Waals surface area (Å²) >= 11 is 13.8. The molecule has 11 nitrogen and oxygen atoms in total. The molecule has 4 aromatic rings. The van der Waals surface area contributed by atoms with Crippen LogP contribution in [-0.2, 0) is 6.61 Å². The molecule has 39 heavy (non-hydrogen) atoms. The van der Waals surface area contributed by atoms with Crippen LogP contribution < -0.4 is 9.47 Å². The van der Waals surface area contributed by atoms with Crippen molar-refractivity contribution in [3.63, 3.8) is 0 Å². The number of rotatable bonds is 11. The van der Waals surface area contributed by atoms with Gasteiger partial charge in [-0.1, -0.05) is 35.0 Å². The third-order valence-corrected chi connectivity index (χ3v) is 7.31. The van der Waals surface area contributed by atoms with Crippen molar-refractivity contribution >= 4 is 40.7 Å². The lowest BCUT2D eigenvalue weighted by atomic mass is 10.1. The van der Waals surface area contributed by atoms with Crippen molar-refractivity contribution in [3.8, 4) is 17.2 Å². The number of hydrogen-bond acceptors (Lipinski definition) is 9. The number of aryl methyl sites for hydroxylation is 1. The Morgan fingerprint density at radius 1 is 1.03 bits per heavy atom. The van der Waals surface area contributed by atoms with Gasteiger partial charge in [-0.15, -0.1) is 10.2 Å². The second-order valence-electron chi connectivity index (χ2n) is 8.21. The Hall–Kier alpha value is -3.87. The zero-order chi connectivity index (χ0) is 28.1. The van der Waals surface area contributed by atoms with Crippen LogP contribution in [0.3, 0.4) is 0 Å².